The second kappa shape index (κ2) is 4.61. The molecule has 1 saturated carbocycles. The van der Waals surface area contributed by atoms with E-state index in [0.717, 1.165) is 18.4 Å². The molecule has 92 valence electrons. The highest BCUT2D eigenvalue weighted by Crippen LogP contribution is 2.46. The third kappa shape index (κ3) is 2.75. The number of amides is 1. The zero-order valence-electron chi connectivity index (χ0n) is 10.1. The SMILES string of the molecule is CSC1(CNC(=O)c2ccc(C)cc2O)CC1. The summed E-state index contributed by atoms with van der Waals surface area (Å²) in [5.41, 5.74) is 1.30. The summed E-state index contributed by atoms with van der Waals surface area (Å²) in [5, 5.41) is 12.6. The Kier molecular flexibility index (Phi) is 3.33. The largest absolute Gasteiger partial charge is 0.507 e. The summed E-state index contributed by atoms with van der Waals surface area (Å²) in [6.45, 7) is 2.56. The van der Waals surface area contributed by atoms with Gasteiger partial charge in [0.15, 0.2) is 0 Å². The van der Waals surface area contributed by atoms with Crippen LogP contribution in [0.15, 0.2) is 18.2 Å². The Hall–Kier alpha value is -1.16. The van der Waals surface area contributed by atoms with Crippen LogP contribution in [0.4, 0.5) is 0 Å². The summed E-state index contributed by atoms with van der Waals surface area (Å²) in [5.74, 6) is -0.140. The van der Waals surface area contributed by atoms with Crippen LogP contribution in [-0.4, -0.2) is 28.6 Å². The zero-order valence-corrected chi connectivity index (χ0v) is 10.9. The van der Waals surface area contributed by atoms with Gasteiger partial charge >= 0.3 is 0 Å². The van der Waals surface area contributed by atoms with Gasteiger partial charge in [0.05, 0.1) is 5.56 Å². The fourth-order valence-corrected chi connectivity index (χ4v) is 2.49. The molecule has 1 fully saturated rings. The number of carbonyl (C=O) groups is 1. The maximum atomic E-state index is 11.9. The van der Waals surface area contributed by atoms with Gasteiger partial charge in [-0.2, -0.15) is 11.8 Å². The summed E-state index contributed by atoms with van der Waals surface area (Å²) in [7, 11) is 0. The fraction of sp³-hybridized carbons (Fsp3) is 0.462. The van der Waals surface area contributed by atoms with Gasteiger partial charge in [0.2, 0.25) is 0 Å². The highest BCUT2D eigenvalue weighted by Gasteiger charge is 2.42. The van der Waals surface area contributed by atoms with Crippen molar-refractivity contribution in [1.82, 2.24) is 5.32 Å². The first-order valence-electron chi connectivity index (χ1n) is 5.69. The van der Waals surface area contributed by atoms with Crippen LogP contribution < -0.4 is 5.32 Å². The van der Waals surface area contributed by atoms with Gasteiger partial charge in [0.1, 0.15) is 5.75 Å². The maximum Gasteiger partial charge on any atom is 0.255 e. The molecule has 0 aliphatic heterocycles. The molecule has 2 N–H and O–H groups in total. The molecule has 3 nitrogen and oxygen atoms in total. The summed E-state index contributed by atoms with van der Waals surface area (Å²) in [6, 6.07) is 5.10. The smallest absolute Gasteiger partial charge is 0.255 e. The molecule has 0 bridgehead atoms. The Bertz CT molecular complexity index is 441. The van der Waals surface area contributed by atoms with Crippen LogP contribution in [0.5, 0.6) is 5.75 Å². The second-order valence-corrected chi connectivity index (χ2v) is 5.86. The summed E-state index contributed by atoms with van der Waals surface area (Å²) >= 11 is 1.80. The van der Waals surface area contributed by atoms with Gasteiger partial charge in [-0.05, 0) is 43.7 Å². The molecule has 0 saturated heterocycles. The molecule has 4 heteroatoms. The highest BCUT2D eigenvalue weighted by atomic mass is 32.2. The van der Waals surface area contributed by atoms with E-state index in [2.05, 4.69) is 11.6 Å². The quantitative estimate of drug-likeness (QED) is 0.863. The second-order valence-electron chi connectivity index (χ2n) is 4.59. The van der Waals surface area contributed by atoms with Crippen molar-refractivity contribution in [3.63, 3.8) is 0 Å². The van der Waals surface area contributed by atoms with Gasteiger partial charge in [0, 0.05) is 11.3 Å². The van der Waals surface area contributed by atoms with Crippen LogP contribution in [-0.2, 0) is 0 Å². The minimum atomic E-state index is -0.192. The molecule has 1 amide bonds. The van der Waals surface area contributed by atoms with Gasteiger partial charge in [-0.1, -0.05) is 6.07 Å². The molecule has 0 radical (unpaired) electrons. The molecular formula is C13H17NO2S. The number of phenolic OH excluding ortho intramolecular Hbond substituents is 1. The minimum absolute atomic E-state index is 0.0523. The normalized spacial score (nSPS) is 16.6. The topological polar surface area (TPSA) is 49.3 Å². The van der Waals surface area contributed by atoms with Crippen LogP contribution >= 0.6 is 11.8 Å². The van der Waals surface area contributed by atoms with Crippen molar-refractivity contribution in [1.29, 1.82) is 0 Å². The van der Waals surface area contributed by atoms with Crippen LogP contribution in [0.25, 0.3) is 0 Å². The summed E-state index contributed by atoms with van der Waals surface area (Å²) < 4.78 is 0.246. The van der Waals surface area contributed by atoms with Crippen molar-refractivity contribution in [3.8, 4) is 5.75 Å². The lowest BCUT2D eigenvalue weighted by atomic mass is 10.1. The molecule has 1 aromatic carbocycles. The predicted octanol–water partition coefficient (Wildman–Crippen LogP) is 2.33. The van der Waals surface area contributed by atoms with Crippen LogP contribution in [0.3, 0.4) is 0 Å². The number of thioether (sulfide) groups is 1. The zero-order chi connectivity index (χ0) is 12.5. The lowest BCUT2D eigenvalue weighted by molar-refractivity contribution is 0.0950. The molecule has 0 unspecified atom stereocenters. The third-order valence-corrected chi connectivity index (χ3v) is 4.63. The average molecular weight is 251 g/mol. The maximum absolute atomic E-state index is 11.9. The Labute approximate surface area is 106 Å². The molecule has 1 aromatic rings. The number of hydrogen-bond donors (Lipinski definition) is 2. The Balaban J connectivity index is 2.00. The molecule has 2 rings (SSSR count). The molecule has 1 aliphatic rings. The van der Waals surface area contributed by atoms with E-state index < -0.39 is 0 Å². The lowest BCUT2D eigenvalue weighted by Gasteiger charge is -2.13. The third-order valence-electron chi connectivity index (χ3n) is 3.21. The van der Waals surface area contributed by atoms with Crippen molar-refractivity contribution >= 4 is 17.7 Å². The number of nitrogens with one attached hydrogen (secondary N) is 1. The average Bonchev–Trinajstić information content (AvgIpc) is 3.07. The standard InChI is InChI=1S/C13H17NO2S/c1-9-3-4-10(11(15)7-9)12(16)14-8-13(17-2)5-6-13/h3-4,7,15H,5-6,8H2,1-2H3,(H,14,16). The molecule has 17 heavy (non-hydrogen) atoms. The number of phenols is 1. The molecule has 0 aromatic heterocycles. The van der Waals surface area contributed by atoms with E-state index in [1.165, 1.54) is 0 Å². The molecule has 1 aliphatic carbocycles. The van der Waals surface area contributed by atoms with Crippen molar-refractivity contribution < 1.29 is 9.90 Å². The van der Waals surface area contributed by atoms with E-state index in [4.69, 9.17) is 0 Å². The Morgan fingerprint density at radius 1 is 1.53 bits per heavy atom. The lowest BCUT2D eigenvalue weighted by Crippen LogP contribution is -2.31. The Morgan fingerprint density at radius 2 is 2.24 bits per heavy atom. The summed E-state index contributed by atoms with van der Waals surface area (Å²) in [6.07, 6.45) is 4.39. The van der Waals surface area contributed by atoms with Crippen LogP contribution in [0, 0.1) is 6.92 Å². The number of aryl methyl sites for hydroxylation is 1. The Morgan fingerprint density at radius 3 is 2.76 bits per heavy atom. The number of hydrogen-bond acceptors (Lipinski definition) is 3. The number of carbonyl (C=O) groups excluding carboxylic acids is 1. The van der Waals surface area contributed by atoms with E-state index in [0.29, 0.717) is 12.1 Å². The number of benzene rings is 1. The van der Waals surface area contributed by atoms with Gasteiger partial charge < -0.3 is 10.4 Å². The van der Waals surface area contributed by atoms with E-state index in [1.54, 1.807) is 23.9 Å². The van der Waals surface area contributed by atoms with Gasteiger partial charge in [-0.15, -0.1) is 0 Å². The first kappa shape index (κ1) is 12.3. The first-order valence-corrected chi connectivity index (χ1v) is 6.92. The summed E-state index contributed by atoms with van der Waals surface area (Å²) in [4.78, 5) is 11.9. The van der Waals surface area contributed by atoms with E-state index in [-0.39, 0.29) is 16.4 Å². The van der Waals surface area contributed by atoms with Gasteiger partial charge in [-0.3, -0.25) is 4.79 Å². The fourth-order valence-electron chi connectivity index (χ4n) is 1.76. The van der Waals surface area contributed by atoms with E-state index in [9.17, 15) is 9.90 Å². The van der Waals surface area contributed by atoms with Crippen molar-refractivity contribution in [2.45, 2.75) is 24.5 Å². The van der Waals surface area contributed by atoms with Gasteiger partial charge in [-0.25, -0.2) is 0 Å². The highest BCUT2D eigenvalue weighted by molar-refractivity contribution is 8.00. The van der Waals surface area contributed by atoms with E-state index in [1.807, 2.05) is 13.0 Å². The first-order chi connectivity index (χ1) is 8.06. The molecular weight excluding hydrogens is 234 g/mol. The van der Waals surface area contributed by atoms with Crippen molar-refractivity contribution in [3.05, 3.63) is 29.3 Å². The number of rotatable bonds is 4. The van der Waals surface area contributed by atoms with Crippen LogP contribution in [0.2, 0.25) is 0 Å². The number of aromatic hydroxyl groups is 1. The van der Waals surface area contributed by atoms with E-state index >= 15 is 0 Å². The molecule has 0 heterocycles. The minimum Gasteiger partial charge on any atom is -0.507 e. The van der Waals surface area contributed by atoms with Crippen molar-refractivity contribution in [2.24, 2.45) is 0 Å². The van der Waals surface area contributed by atoms with Crippen molar-refractivity contribution in [2.75, 3.05) is 12.8 Å². The predicted molar refractivity (Wildman–Crippen MR) is 70.7 cm³/mol. The molecule has 0 spiro atoms. The molecule has 0 atom stereocenters. The van der Waals surface area contributed by atoms with Gasteiger partial charge in [0.25, 0.3) is 5.91 Å². The monoisotopic (exact) mass is 251 g/mol. The van der Waals surface area contributed by atoms with Crippen LogP contribution in [0.1, 0.15) is 28.8 Å².